The highest BCUT2D eigenvalue weighted by molar-refractivity contribution is 5.68. The van der Waals surface area contributed by atoms with E-state index in [1.807, 2.05) is 25.1 Å². The molecule has 2 aromatic rings. The molecule has 146 valence electrons. The van der Waals surface area contributed by atoms with Crippen LogP contribution in [0.15, 0.2) is 59.8 Å². The summed E-state index contributed by atoms with van der Waals surface area (Å²) in [4.78, 5) is 0. The maximum Gasteiger partial charge on any atom is 0.122 e. The van der Waals surface area contributed by atoms with Gasteiger partial charge in [0.25, 0.3) is 0 Å². The standard InChI is InChI=1S/C17H17NO2.C6H12.H3N/c1-12(10-13-6-2-4-8-16(13)19)15(18)11-14-7-3-5-9-17(14)20;1-2-4-6-5-3-1;/h2-11,19-20H,18H2,1H3;1-6H2;1H3. The van der Waals surface area contributed by atoms with Crippen LogP contribution in [0.5, 0.6) is 11.5 Å². The molecule has 27 heavy (non-hydrogen) atoms. The fraction of sp³-hybridized carbons (Fsp3) is 0.304. The highest BCUT2D eigenvalue weighted by Crippen LogP contribution is 2.23. The number of phenols is 2. The van der Waals surface area contributed by atoms with Crippen LogP contribution < -0.4 is 11.9 Å². The van der Waals surface area contributed by atoms with Crippen molar-refractivity contribution in [2.75, 3.05) is 0 Å². The molecule has 0 saturated heterocycles. The van der Waals surface area contributed by atoms with Gasteiger partial charge >= 0.3 is 0 Å². The first-order valence-corrected chi connectivity index (χ1v) is 9.30. The van der Waals surface area contributed by atoms with Gasteiger partial charge < -0.3 is 22.1 Å². The van der Waals surface area contributed by atoms with E-state index >= 15 is 0 Å². The second-order valence-electron chi connectivity index (χ2n) is 6.67. The third kappa shape index (κ3) is 7.59. The molecule has 1 aliphatic rings. The summed E-state index contributed by atoms with van der Waals surface area (Å²) in [5.74, 6) is 0.396. The zero-order valence-electron chi connectivity index (χ0n) is 16.2. The monoisotopic (exact) mass is 368 g/mol. The number of hydrogen-bond acceptors (Lipinski definition) is 4. The SMILES string of the molecule is C1CCCCC1.CC(=Cc1ccccc1O)C(N)=Cc1ccccc1O.N. The highest BCUT2D eigenvalue weighted by atomic mass is 16.3. The van der Waals surface area contributed by atoms with Crippen molar-refractivity contribution in [3.8, 4) is 11.5 Å². The average molecular weight is 369 g/mol. The van der Waals surface area contributed by atoms with Gasteiger partial charge in [-0.15, -0.1) is 0 Å². The summed E-state index contributed by atoms with van der Waals surface area (Å²) in [5.41, 5.74) is 8.74. The van der Waals surface area contributed by atoms with Crippen molar-refractivity contribution in [2.24, 2.45) is 5.73 Å². The Kier molecular flexibility index (Phi) is 9.76. The molecular formula is C23H32N2O2. The molecular weight excluding hydrogens is 336 g/mol. The van der Waals surface area contributed by atoms with Crippen molar-refractivity contribution in [2.45, 2.75) is 45.4 Å². The van der Waals surface area contributed by atoms with Crippen LogP contribution in [-0.4, -0.2) is 10.2 Å². The third-order valence-corrected chi connectivity index (χ3v) is 4.51. The van der Waals surface area contributed by atoms with E-state index in [2.05, 4.69) is 0 Å². The zero-order valence-corrected chi connectivity index (χ0v) is 16.2. The first kappa shape index (κ1) is 22.3. The van der Waals surface area contributed by atoms with Gasteiger partial charge in [-0.1, -0.05) is 74.9 Å². The summed E-state index contributed by atoms with van der Waals surface area (Å²) < 4.78 is 0. The van der Waals surface area contributed by atoms with Crippen LogP contribution in [0.2, 0.25) is 0 Å². The van der Waals surface area contributed by atoms with E-state index in [0.29, 0.717) is 16.8 Å². The van der Waals surface area contributed by atoms with E-state index < -0.39 is 0 Å². The molecule has 4 heteroatoms. The Bertz CT molecular complexity index is 691. The number of rotatable bonds is 3. The van der Waals surface area contributed by atoms with Crippen molar-refractivity contribution >= 4 is 12.2 Å². The maximum absolute atomic E-state index is 9.73. The van der Waals surface area contributed by atoms with E-state index in [-0.39, 0.29) is 17.6 Å². The molecule has 0 spiro atoms. The topological polar surface area (TPSA) is 101 Å². The third-order valence-electron chi connectivity index (χ3n) is 4.51. The van der Waals surface area contributed by atoms with Crippen LogP contribution in [0.1, 0.15) is 56.6 Å². The first-order valence-electron chi connectivity index (χ1n) is 9.30. The summed E-state index contributed by atoms with van der Waals surface area (Å²) in [6.45, 7) is 1.86. The van der Waals surface area contributed by atoms with Gasteiger partial charge in [-0.25, -0.2) is 0 Å². The molecule has 1 aliphatic carbocycles. The number of phenolic OH excluding ortho intramolecular Hbond substituents is 2. The zero-order chi connectivity index (χ0) is 18.8. The van der Waals surface area contributed by atoms with Crippen LogP contribution in [0, 0.1) is 0 Å². The van der Waals surface area contributed by atoms with Gasteiger partial charge in [0.15, 0.2) is 0 Å². The van der Waals surface area contributed by atoms with Crippen molar-refractivity contribution in [3.63, 3.8) is 0 Å². The Hall–Kier alpha value is -2.72. The fourth-order valence-electron chi connectivity index (χ4n) is 2.88. The van der Waals surface area contributed by atoms with Gasteiger partial charge in [-0.05, 0) is 36.8 Å². The number of benzene rings is 2. The molecule has 3 rings (SSSR count). The molecule has 0 amide bonds. The van der Waals surface area contributed by atoms with E-state index in [1.54, 1.807) is 42.5 Å². The largest absolute Gasteiger partial charge is 0.507 e. The van der Waals surface area contributed by atoms with Gasteiger partial charge in [-0.3, -0.25) is 0 Å². The Balaban J connectivity index is 0.000000444. The summed E-state index contributed by atoms with van der Waals surface area (Å²) in [7, 11) is 0. The summed E-state index contributed by atoms with van der Waals surface area (Å²) in [6, 6.07) is 14.0. The Morgan fingerprint density at radius 1 is 0.741 bits per heavy atom. The number of aromatic hydroxyl groups is 2. The van der Waals surface area contributed by atoms with Crippen LogP contribution in [0.4, 0.5) is 0 Å². The molecule has 0 aromatic heterocycles. The van der Waals surface area contributed by atoms with Gasteiger partial charge in [0.05, 0.1) is 0 Å². The summed E-state index contributed by atoms with van der Waals surface area (Å²) in [6.07, 6.45) is 12.5. The lowest BCUT2D eigenvalue weighted by Gasteiger charge is -2.05. The lowest BCUT2D eigenvalue weighted by Crippen LogP contribution is -1.98. The lowest BCUT2D eigenvalue weighted by atomic mass is 10.0. The number of para-hydroxylation sites is 2. The molecule has 4 nitrogen and oxygen atoms in total. The number of hydrogen-bond donors (Lipinski definition) is 4. The predicted octanol–water partition coefficient (Wildman–Crippen LogP) is 6.00. The van der Waals surface area contributed by atoms with Crippen molar-refractivity contribution in [3.05, 3.63) is 70.9 Å². The van der Waals surface area contributed by atoms with Crippen LogP contribution in [0.3, 0.4) is 0 Å². The lowest BCUT2D eigenvalue weighted by molar-refractivity contribution is 0.473. The molecule has 0 unspecified atom stereocenters. The van der Waals surface area contributed by atoms with Crippen molar-refractivity contribution < 1.29 is 10.2 Å². The maximum atomic E-state index is 9.73. The predicted molar refractivity (Wildman–Crippen MR) is 115 cm³/mol. The van der Waals surface area contributed by atoms with E-state index in [4.69, 9.17) is 5.73 Å². The minimum Gasteiger partial charge on any atom is -0.507 e. The number of nitrogens with two attached hydrogens (primary N) is 1. The van der Waals surface area contributed by atoms with Gasteiger partial charge in [0.1, 0.15) is 11.5 Å². The quantitative estimate of drug-likeness (QED) is 0.499. The summed E-state index contributed by atoms with van der Waals surface area (Å²) in [5, 5.41) is 19.4. The van der Waals surface area contributed by atoms with E-state index in [9.17, 15) is 10.2 Å². The minimum absolute atomic E-state index is 0. The van der Waals surface area contributed by atoms with Gasteiger partial charge in [0.2, 0.25) is 0 Å². The molecule has 0 heterocycles. The Labute approximate surface area is 162 Å². The molecule has 0 radical (unpaired) electrons. The van der Waals surface area contributed by atoms with Crippen molar-refractivity contribution in [1.82, 2.24) is 6.15 Å². The van der Waals surface area contributed by atoms with Crippen molar-refractivity contribution in [1.29, 1.82) is 0 Å². The fourth-order valence-corrected chi connectivity index (χ4v) is 2.88. The van der Waals surface area contributed by atoms with Crippen LogP contribution >= 0.6 is 0 Å². The molecule has 0 atom stereocenters. The summed E-state index contributed by atoms with van der Waals surface area (Å²) >= 11 is 0. The van der Waals surface area contributed by atoms with Gasteiger partial charge in [-0.2, -0.15) is 0 Å². The van der Waals surface area contributed by atoms with Gasteiger partial charge in [0, 0.05) is 16.8 Å². The minimum atomic E-state index is 0. The van der Waals surface area contributed by atoms with E-state index in [1.165, 1.54) is 38.5 Å². The molecule has 2 aromatic carbocycles. The molecule has 1 fully saturated rings. The van der Waals surface area contributed by atoms with Crippen LogP contribution in [-0.2, 0) is 0 Å². The highest BCUT2D eigenvalue weighted by Gasteiger charge is 2.01. The first-order chi connectivity index (χ1) is 12.6. The number of allylic oxidation sites excluding steroid dienone is 1. The molecule has 1 saturated carbocycles. The average Bonchev–Trinajstić information content (AvgIpc) is 2.67. The Morgan fingerprint density at radius 2 is 1.11 bits per heavy atom. The molecule has 7 N–H and O–H groups in total. The van der Waals surface area contributed by atoms with Crippen LogP contribution in [0.25, 0.3) is 12.2 Å². The van der Waals surface area contributed by atoms with E-state index in [0.717, 1.165) is 5.57 Å². The second kappa shape index (κ2) is 11.8. The molecule has 0 bridgehead atoms. The normalized spacial score (nSPS) is 14.6. The second-order valence-corrected chi connectivity index (χ2v) is 6.67. The molecule has 0 aliphatic heterocycles. The smallest absolute Gasteiger partial charge is 0.122 e. The Morgan fingerprint density at radius 3 is 1.52 bits per heavy atom.